The van der Waals surface area contributed by atoms with Gasteiger partial charge in [-0.1, -0.05) is 5.57 Å². The van der Waals surface area contributed by atoms with Crippen molar-refractivity contribution >= 4 is 0 Å². The smallest absolute Gasteiger partial charge is 0.0599 e. The number of likely N-dealkylation sites (tertiary alicyclic amines) is 1. The van der Waals surface area contributed by atoms with Gasteiger partial charge in [0.1, 0.15) is 0 Å². The summed E-state index contributed by atoms with van der Waals surface area (Å²) in [6.45, 7) is 11.0. The molecule has 2 aliphatic rings. The van der Waals surface area contributed by atoms with Crippen molar-refractivity contribution in [1.29, 1.82) is 0 Å². The summed E-state index contributed by atoms with van der Waals surface area (Å²) in [6.07, 6.45) is 2.92. The van der Waals surface area contributed by atoms with Crippen molar-refractivity contribution in [3.05, 3.63) is 11.1 Å². The summed E-state index contributed by atoms with van der Waals surface area (Å²) < 4.78 is 5.67. The third kappa shape index (κ3) is 3.06. The third-order valence-electron chi connectivity index (χ3n) is 3.68. The molecule has 2 rings (SSSR count). The maximum Gasteiger partial charge on any atom is 0.0599 e. The Hall–Kier alpha value is -0.380. The first-order valence-corrected chi connectivity index (χ1v) is 6.51. The van der Waals surface area contributed by atoms with E-state index in [-0.39, 0.29) is 0 Å². The number of piperidine rings is 1. The summed E-state index contributed by atoms with van der Waals surface area (Å²) in [5.41, 5.74) is 3.19. The molecular formula is C13H24N2O. The zero-order chi connectivity index (χ0) is 11.4. The molecular weight excluding hydrogens is 200 g/mol. The van der Waals surface area contributed by atoms with Crippen LogP contribution in [-0.4, -0.2) is 50.3 Å². The summed E-state index contributed by atoms with van der Waals surface area (Å²) in [4.78, 5) is 2.57. The van der Waals surface area contributed by atoms with Crippen molar-refractivity contribution in [2.75, 3.05) is 39.3 Å². The lowest BCUT2D eigenvalue weighted by Crippen LogP contribution is -2.40. The van der Waals surface area contributed by atoms with Gasteiger partial charge in [0.25, 0.3) is 0 Å². The second-order valence-electron chi connectivity index (χ2n) is 4.92. The Morgan fingerprint density at radius 1 is 1.38 bits per heavy atom. The molecule has 2 fully saturated rings. The minimum absolute atomic E-state index is 0.513. The summed E-state index contributed by atoms with van der Waals surface area (Å²) in [7, 11) is 0. The van der Waals surface area contributed by atoms with Gasteiger partial charge in [0.2, 0.25) is 0 Å². The summed E-state index contributed by atoms with van der Waals surface area (Å²) >= 11 is 0. The quantitative estimate of drug-likeness (QED) is 0.731. The van der Waals surface area contributed by atoms with E-state index < -0.39 is 0 Å². The highest BCUT2D eigenvalue weighted by Gasteiger charge is 2.20. The number of rotatable bonds is 4. The molecule has 3 nitrogen and oxygen atoms in total. The van der Waals surface area contributed by atoms with Crippen molar-refractivity contribution < 1.29 is 4.74 Å². The first kappa shape index (κ1) is 12.1. The van der Waals surface area contributed by atoms with Gasteiger partial charge in [-0.3, -0.25) is 4.90 Å². The fourth-order valence-electron chi connectivity index (χ4n) is 2.47. The molecule has 0 saturated carbocycles. The maximum absolute atomic E-state index is 5.67. The number of hydrogen-bond donors (Lipinski definition) is 1. The van der Waals surface area contributed by atoms with Gasteiger partial charge >= 0.3 is 0 Å². The third-order valence-corrected chi connectivity index (χ3v) is 3.68. The van der Waals surface area contributed by atoms with Crippen molar-refractivity contribution in [2.45, 2.75) is 32.8 Å². The van der Waals surface area contributed by atoms with Crippen molar-refractivity contribution in [3.8, 4) is 0 Å². The maximum atomic E-state index is 5.67. The Kier molecular flexibility index (Phi) is 4.38. The Morgan fingerprint density at radius 2 is 2.06 bits per heavy atom. The Labute approximate surface area is 98.8 Å². The number of hydrogen-bond acceptors (Lipinski definition) is 3. The van der Waals surface area contributed by atoms with Gasteiger partial charge < -0.3 is 10.1 Å². The second kappa shape index (κ2) is 5.80. The molecule has 2 aliphatic heterocycles. The van der Waals surface area contributed by atoms with Gasteiger partial charge in [-0.15, -0.1) is 0 Å². The molecule has 0 spiro atoms. The van der Waals surface area contributed by atoms with E-state index >= 15 is 0 Å². The van der Waals surface area contributed by atoms with Gasteiger partial charge in [-0.25, -0.2) is 0 Å². The summed E-state index contributed by atoms with van der Waals surface area (Å²) in [6, 6.07) is 0. The lowest BCUT2D eigenvalue weighted by atomic mass is 10.0. The highest BCUT2D eigenvalue weighted by Crippen LogP contribution is 2.16. The highest BCUT2D eigenvalue weighted by molar-refractivity contribution is 5.22. The summed E-state index contributed by atoms with van der Waals surface area (Å²) in [5.74, 6) is 0. The van der Waals surface area contributed by atoms with Gasteiger partial charge in [-0.2, -0.15) is 0 Å². The van der Waals surface area contributed by atoms with Crippen LogP contribution in [0, 0.1) is 0 Å². The van der Waals surface area contributed by atoms with Crippen molar-refractivity contribution in [3.63, 3.8) is 0 Å². The van der Waals surface area contributed by atoms with E-state index in [9.17, 15) is 0 Å². The first-order chi connectivity index (χ1) is 7.79. The first-order valence-electron chi connectivity index (χ1n) is 6.51. The topological polar surface area (TPSA) is 24.5 Å². The number of nitrogens with one attached hydrogen (secondary N) is 1. The van der Waals surface area contributed by atoms with E-state index in [1.54, 1.807) is 11.1 Å². The van der Waals surface area contributed by atoms with Crippen LogP contribution < -0.4 is 5.32 Å². The van der Waals surface area contributed by atoms with E-state index in [0.29, 0.717) is 6.10 Å². The monoisotopic (exact) mass is 224 g/mol. The molecule has 92 valence electrons. The molecule has 1 N–H and O–H groups in total. The molecule has 2 saturated heterocycles. The van der Waals surface area contributed by atoms with Crippen LogP contribution in [0.2, 0.25) is 0 Å². The molecule has 2 heterocycles. The van der Waals surface area contributed by atoms with Crippen LogP contribution in [0.3, 0.4) is 0 Å². The molecule has 0 atom stereocenters. The van der Waals surface area contributed by atoms with E-state index in [2.05, 4.69) is 24.1 Å². The minimum atomic E-state index is 0.513. The van der Waals surface area contributed by atoms with Crippen LogP contribution in [-0.2, 0) is 4.74 Å². The normalized spacial score (nSPS) is 23.2. The molecule has 0 radical (unpaired) electrons. The fourth-order valence-corrected chi connectivity index (χ4v) is 2.47. The van der Waals surface area contributed by atoms with Gasteiger partial charge in [0, 0.05) is 39.3 Å². The largest absolute Gasteiger partial charge is 0.378 e. The molecule has 0 aromatic rings. The van der Waals surface area contributed by atoms with Crippen LogP contribution in [0.5, 0.6) is 0 Å². The van der Waals surface area contributed by atoms with Crippen LogP contribution in [0.15, 0.2) is 11.1 Å². The van der Waals surface area contributed by atoms with E-state index in [0.717, 1.165) is 26.2 Å². The van der Waals surface area contributed by atoms with Gasteiger partial charge in [-0.05, 0) is 32.3 Å². The molecule has 0 aromatic heterocycles. The minimum Gasteiger partial charge on any atom is -0.378 e. The second-order valence-corrected chi connectivity index (χ2v) is 4.92. The number of ether oxygens (including phenoxy) is 1. The standard InChI is InChI=1S/C13H24N2O/c1-3-16-13-4-6-15(7-5-13)10-11(2)12-8-14-9-12/h13-14H,3-10H2,1-2H3. The predicted molar refractivity (Wildman–Crippen MR) is 66.7 cm³/mol. The Morgan fingerprint density at radius 3 is 2.56 bits per heavy atom. The van der Waals surface area contributed by atoms with Crippen LogP contribution >= 0.6 is 0 Å². The average Bonchev–Trinajstić information content (AvgIpc) is 2.18. The lowest BCUT2D eigenvalue weighted by Gasteiger charge is -2.33. The van der Waals surface area contributed by atoms with Crippen molar-refractivity contribution in [2.24, 2.45) is 0 Å². The van der Waals surface area contributed by atoms with E-state index in [1.807, 2.05) is 0 Å². The van der Waals surface area contributed by atoms with Crippen molar-refractivity contribution in [1.82, 2.24) is 10.2 Å². The zero-order valence-electron chi connectivity index (χ0n) is 10.6. The molecule has 3 heteroatoms. The average molecular weight is 224 g/mol. The molecule has 0 aromatic carbocycles. The number of nitrogens with zero attached hydrogens (tertiary/aromatic N) is 1. The summed E-state index contributed by atoms with van der Waals surface area (Å²) in [5, 5.41) is 3.31. The Bertz CT molecular complexity index is 249. The van der Waals surface area contributed by atoms with Crippen LogP contribution in [0.4, 0.5) is 0 Å². The van der Waals surface area contributed by atoms with E-state index in [4.69, 9.17) is 4.74 Å². The highest BCUT2D eigenvalue weighted by atomic mass is 16.5. The van der Waals surface area contributed by atoms with Gasteiger partial charge in [0.15, 0.2) is 0 Å². The fraction of sp³-hybridized carbons (Fsp3) is 0.846. The van der Waals surface area contributed by atoms with Gasteiger partial charge in [0.05, 0.1) is 6.10 Å². The molecule has 0 amide bonds. The SMILES string of the molecule is CCOC1CCN(CC(C)=C2CNC2)CC1. The molecule has 0 unspecified atom stereocenters. The molecule has 0 aliphatic carbocycles. The Balaban J connectivity index is 1.72. The zero-order valence-corrected chi connectivity index (χ0v) is 10.6. The molecule has 0 bridgehead atoms. The van der Waals surface area contributed by atoms with E-state index in [1.165, 1.54) is 25.9 Å². The van der Waals surface area contributed by atoms with Crippen LogP contribution in [0.1, 0.15) is 26.7 Å². The predicted octanol–water partition coefficient (Wildman–Crippen LogP) is 1.41. The van der Waals surface area contributed by atoms with Crippen LogP contribution in [0.25, 0.3) is 0 Å². The lowest BCUT2D eigenvalue weighted by molar-refractivity contribution is 0.0161. The molecule has 16 heavy (non-hydrogen) atoms.